The zero-order valence-corrected chi connectivity index (χ0v) is 9.04. The Labute approximate surface area is 92.5 Å². The molecule has 4 heteroatoms. The van der Waals surface area contributed by atoms with E-state index in [2.05, 4.69) is 11.1 Å². The summed E-state index contributed by atoms with van der Waals surface area (Å²) in [6.45, 7) is 1.23. The predicted molar refractivity (Wildman–Crippen MR) is 61.5 cm³/mol. The summed E-state index contributed by atoms with van der Waals surface area (Å²) < 4.78 is 5.53. The highest BCUT2D eigenvalue weighted by Gasteiger charge is 1.96. The molecule has 2 heterocycles. The van der Waals surface area contributed by atoms with Crippen LogP contribution in [0, 0.1) is 0 Å². The molecule has 2 N–H and O–H groups in total. The molecule has 0 amide bonds. The van der Waals surface area contributed by atoms with E-state index in [4.69, 9.17) is 10.5 Å². The Morgan fingerprint density at radius 1 is 1.27 bits per heavy atom. The molecule has 0 spiro atoms. The van der Waals surface area contributed by atoms with Gasteiger partial charge in [0.15, 0.2) is 0 Å². The van der Waals surface area contributed by atoms with Crippen LogP contribution in [0.4, 0.5) is 5.82 Å². The number of nitrogens with zero attached hydrogens (tertiary/aromatic N) is 1. The first-order valence-electron chi connectivity index (χ1n) is 4.65. The van der Waals surface area contributed by atoms with Gasteiger partial charge in [-0.25, -0.2) is 4.98 Å². The average Bonchev–Trinajstić information content (AvgIpc) is 2.74. The van der Waals surface area contributed by atoms with Crippen molar-refractivity contribution in [3.63, 3.8) is 0 Å². The lowest BCUT2D eigenvalue weighted by Crippen LogP contribution is -1.95. The Morgan fingerprint density at radius 3 is 2.87 bits per heavy atom. The number of rotatable bonds is 4. The smallest absolute Gasteiger partial charge is 0.123 e. The van der Waals surface area contributed by atoms with Crippen LogP contribution in [0.1, 0.15) is 10.4 Å². The first-order valence-corrected chi connectivity index (χ1v) is 5.53. The van der Waals surface area contributed by atoms with Crippen molar-refractivity contribution in [2.75, 3.05) is 5.73 Å². The average molecular weight is 220 g/mol. The van der Waals surface area contributed by atoms with Gasteiger partial charge in [0.1, 0.15) is 5.82 Å². The number of hydrogen-bond donors (Lipinski definition) is 1. The van der Waals surface area contributed by atoms with Crippen LogP contribution >= 0.6 is 11.3 Å². The molecule has 3 nitrogen and oxygen atoms in total. The van der Waals surface area contributed by atoms with Gasteiger partial charge in [0.05, 0.1) is 13.2 Å². The van der Waals surface area contributed by atoms with Crippen molar-refractivity contribution in [2.45, 2.75) is 13.2 Å². The van der Waals surface area contributed by atoms with Crippen LogP contribution in [0.15, 0.2) is 35.8 Å². The zero-order valence-electron chi connectivity index (χ0n) is 8.22. The summed E-state index contributed by atoms with van der Waals surface area (Å²) in [6, 6.07) is 7.79. The topological polar surface area (TPSA) is 48.1 Å². The van der Waals surface area contributed by atoms with E-state index in [9.17, 15) is 0 Å². The quantitative estimate of drug-likeness (QED) is 0.861. The summed E-state index contributed by atoms with van der Waals surface area (Å²) in [6.07, 6.45) is 1.74. The second-order valence-corrected chi connectivity index (χ2v) is 4.20. The van der Waals surface area contributed by atoms with Crippen molar-refractivity contribution in [3.8, 4) is 0 Å². The third-order valence-electron chi connectivity index (χ3n) is 1.94. The zero-order chi connectivity index (χ0) is 10.5. The summed E-state index contributed by atoms with van der Waals surface area (Å²) in [5.74, 6) is 0.539. The summed E-state index contributed by atoms with van der Waals surface area (Å²) in [7, 11) is 0. The lowest BCUT2D eigenvalue weighted by Gasteiger charge is -2.02. The number of pyridine rings is 1. The fraction of sp³-hybridized carbons (Fsp3) is 0.182. The number of nitrogens with two attached hydrogens (primary N) is 1. The van der Waals surface area contributed by atoms with E-state index in [1.165, 1.54) is 4.88 Å². The van der Waals surface area contributed by atoms with Gasteiger partial charge in [0.2, 0.25) is 0 Å². The van der Waals surface area contributed by atoms with E-state index in [-0.39, 0.29) is 0 Å². The van der Waals surface area contributed by atoms with Crippen molar-refractivity contribution in [2.24, 2.45) is 0 Å². The van der Waals surface area contributed by atoms with Gasteiger partial charge in [-0.05, 0) is 23.1 Å². The lowest BCUT2D eigenvalue weighted by molar-refractivity contribution is 0.109. The lowest BCUT2D eigenvalue weighted by atomic mass is 10.3. The van der Waals surface area contributed by atoms with Crippen LogP contribution in [0.2, 0.25) is 0 Å². The molecule has 2 rings (SSSR count). The molecule has 0 aliphatic rings. The summed E-state index contributed by atoms with van der Waals surface area (Å²) in [5.41, 5.74) is 6.52. The van der Waals surface area contributed by atoms with Gasteiger partial charge in [-0.1, -0.05) is 12.1 Å². The van der Waals surface area contributed by atoms with Gasteiger partial charge in [0, 0.05) is 11.1 Å². The SMILES string of the molecule is Nc1ccc(COCc2cccs2)cn1. The molecule has 0 aliphatic heterocycles. The van der Waals surface area contributed by atoms with Crippen LogP contribution in [0.3, 0.4) is 0 Å². The molecular formula is C11H12N2OS. The van der Waals surface area contributed by atoms with Crippen LogP contribution in [0.25, 0.3) is 0 Å². The Morgan fingerprint density at radius 2 is 2.20 bits per heavy atom. The van der Waals surface area contributed by atoms with E-state index >= 15 is 0 Å². The van der Waals surface area contributed by atoms with Crippen LogP contribution < -0.4 is 5.73 Å². The number of thiophene rings is 1. The summed E-state index contributed by atoms with van der Waals surface area (Å²) in [4.78, 5) is 5.23. The highest BCUT2D eigenvalue weighted by molar-refractivity contribution is 7.09. The number of ether oxygens (including phenoxy) is 1. The van der Waals surface area contributed by atoms with Crippen molar-refractivity contribution in [1.29, 1.82) is 0 Å². The molecule has 0 fully saturated rings. The third kappa shape index (κ3) is 3.04. The highest BCUT2D eigenvalue weighted by Crippen LogP contribution is 2.11. The van der Waals surface area contributed by atoms with Crippen molar-refractivity contribution < 1.29 is 4.74 Å². The minimum absolute atomic E-state index is 0.539. The fourth-order valence-electron chi connectivity index (χ4n) is 1.19. The maximum absolute atomic E-state index is 5.53. The van der Waals surface area contributed by atoms with Crippen LogP contribution in [-0.4, -0.2) is 4.98 Å². The Balaban J connectivity index is 1.81. The maximum atomic E-state index is 5.53. The second kappa shape index (κ2) is 4.91. The van der Waals surface area contributed by atoms with Gasteiger partial charge in [-0.2, -0.15) is 0 Å². The van der Waals surface area contributed by atoms with Gasteiger partial charge in [0.25, 0.3) is 0 Å². The normalized spacial score (nSPS) is 10.4. The molecule has 0 radical (unpaired) electrons. The van der Waals surface area contributed by atoms with E-state index in [0.29, 0.717) is 19.0 Å². The monoisotopic (exact) mass is 220 g/mol. The number of aromatic nitrogens is 1. The van der Waals surface area contributed by atoms with Gasteiger partial charge in [-0.15, -0.1) is 11.3 Å². The van der Waals surface area contributed by atoms with E-state index in [1.54, 1.807) is 23.6 Å². The Hall–Kier alpha value is -1.39. The summed E-state index contributed by atoms with van der Waals surface area (Å²) >= 11 is 1.70. The first kappa shape index (κ1) is 10.1. The predicted octanol–water partition coefficient (Wildman–Crippen LogP) is 2.44. The standard InChI is InChI=1S/C11H12N2OS/c12-11-4-3-9(6-13-11)7-14-8-10-2-1-5-15-10/h1-6H,7-8H2,(H2,12,13). The number of nitrogen functional groups attached to an aromatic ring is 1. The molecule has 0 aliphatic carbocycles. The van der Waals surface area contributed by atoms with E-state index in [0.717, 1.165) is 5.56 Å². The molecule has 0 aromatic carbocycles. The van der Waals surface area contributed by atoms with Crippen LogP contribution in [-0.2, 0) is 18.0 Å². The van der Waals surface area contributed by atoms with Gasteiger partial charge >= 0.3 is 0 Å². The number of anilines is 1. The van der Waals surface area contributed by atoms with Crippen molar-refractivity contribution in [3.05, 3.63) is 46.3 Å². The minimum atomic E-state index is 0.539. The molecule has 0 saturated heterocycles. The largest absolute Gasteiger partial charge is 0.384 e. The molecule has 0 unspecified atom stereocenters. The Kier molecular flexibility index (Phi) is 3.32. The third-order valence-corrected chi connectivity index (χ3v) is 2.79. The molecule has 15 heavy (non-hydrogen) atoms. The first-order chi connectivity index (χ1) is 7.34. The highest BCUT2D eigenvalue weighted by atomic mass is 32.1. The molecular weight excluding hydrogens is 208 g/mol. The fourth-order valence-corrected chi connectivity index (χ4v) is 1.83. The molecule has 0 bridgehead atoms. The molecule has 2 aromatic heterocycles. The maximum Gasteiger partial charge on any atom is 0.123 e. The second-order valence-electron chi connectivity index (χ2n) is 3.16. The molecule has 2 aromatic rings. The molecule has 0 saturated carbocycles. The van der Waals surface area contributed by atoms with Crippen LogP contribution in [0.5, 0.6) is 0 Å². The number of hydrogen-bond acceptors (Lipinski definition) is 4. The minimum Gasteiger partial charge on any atom is -0.384 e. The van der Waals surface area contributed by atoms with Crippen molar-refractivity contribution in [1.82, 2.24) is 4.98 Å². The summed E-state index contributed by atoms with van der Waals surface area (Å²) in [5, 5.41) is 2.05. The Bertz CT molecular complexity index is 397. The van der Waals surface area contributed by atoms with Gasteiger partial charge < -0.3 is 10.5 Å². The van der Waals surface area contributed by atoms with E-state index < -0.39 is 0 Å². The molecule has 0 atom stereocenters. The van der Waals surface area contributed by atoms with E-state index in [1.807, 2.05) is 17.5 Å². The van der Waals surface area contributed by atoms with Crippen molar-refractivity contribution >= 4 is 17.2 Å². The molecule has 78 valence electrons. The van der Waals surface area contributed by atoms with Gasteiger partial charge in [-0.3, -0.25) is 0 Å².